The van der Waals surface area contributed by atoms with Crippen molar-refractivity contribution in [2.24, 2.45) is 0 Å². The first-order chi connectivity index (χ1) is 10.1. The van der Waals surface area contributed by atoms with Crippen LogP contribution in [0.2, 0.25) is 0 Å². The molecule has 1 atom stereocenters. The van der Waals surface area contributed by atoms with E-state index in [9.17, 15) is 0 Å². The van der Waals surface area contributed by atoms with Crippen LogP contribution in [0.1, 0.15) is 24.1 Å². The average Bonchev–Trinajstić information content (AvgIpc) is 2.83. The number of imidazole rings is 1. The molecule has 0 fully saturated rings. The van der Waals surface area contributed by atoms with E-state index < -0.39 is 0 Å². The van der Waals surface area contributed by atoms with Crippen molar-refractivity contribution in [3.8, 4) is 5.75 Å². The van der Waals surface area contributed by atoms with Crippen molar-refractivity contribution in [3.63, 3.8) is 0 Å². The first kappa shape index (κ1) is 13.9. The number of methoxy groups -OCH3 is 1. The number of aromatic amines is 1. The molecule has 1 heterocycles. The van der Waals surface area contributed by atoms with Crippen molar-refractivity contribution in [1.82, 2.24) is 9.55 Å². The zero-order chi connectivity index (χ0) is 15.0. The molecule has 4 heteroatoms. The van der Waals surface area contributed by atoms with Crippen LogP contribution in [0.3, 0.4) is 0 Å². The van der Waals surface area contributed by atoms with Crippen molar-refractivity contribution in [2.75, 3.05) is 7.11 Å². The van der Waals surface area contributed by atoms with Gasteiger partial charge in [-0.25, -0.2) is 0 Å². The molecule has 0 radical (unpaired) electrons. The first-order valence-corrected chi connectivity index (χ1v) is 7.36. The van der Waals surface area contributed by atoms with Gasteiger partial charge in [-0.15, -0.1) is 0 Å². The molecule has 0 saturated heterocycles. The minimum Gasteiger partial charge on any atom is -0.494 e. The number of para-hydroxylation sites is 1. The summed E-state index contributed by atoms with van der Waals surface area (Å²) in [5.41, 5.74) is 4.51. The highest BCUT2D eigenvalue weighted by atomic mass is 32.1. The quantitative estimate of drug-likeness (QED) is 0.715. The Morgan fingerprint density at radius 2 is 1.86 bits per heavy atom. The maximum atomic E-state index is 5.51. The van der Waals surface area contributed by atoms with Gasteiger partial charge < -0.3 is 14.3 Å². The van der Waals surface area contributed by atoms with Crippen LogP contribution in [0.4, 0.5) is 0 Å². The summed E-state index contributed by atoms with van der Waals surface area (Å²) in [6.45, 7) is 4.25. The van der Waals surface area contributed by atoms with Gasteiger partial charge in [-0.05, 0) is 43.8 Å². The molecule has 0 aliphatic rings. The summed E-state index contributed by atoms with van der Waals surface area (Å²) in [6.07, 6.45) is 0. The maximum Gasteiger partial charge on any atom is 0.178 e. The van der Waals surface area contributed by atoms with E-state index in [1.54, 1.807) is 7.11 Å². The molecule has 108 valence electrons. The molecule has 1 N–H and O–H groups in total. The van der Waals surface area contributed by atoms with Gasteiger partial charge in [-0.3, -0.25) is 0 Å². The van der Waals surface area contributed by atoms with Crippen LogP contribution >= 0.6 is 12.2 Å². The molecule has 0 aliphatic carbocycles. The number of ether oxygens (including phenoxy) is 1. The monoisotopic (exact) mass is 298 g/mol. The van der Waals surface area contributed by atoms with Crippen LogP contribution in [0, 0.1) is 11.7 Å². The minimum absolute atomic E-state index is 0.166. The fourth-order valence-corrected chi connectivity index (χ4v) is 3.03. The van der Waals surface area contributed by atoms with Gasteiger partial charge in [0, 0.05) is 0 Å². The second kappa shape index (κ2) is 5.37. The molecule has 2 aromatic carbocycles. The zero-order valence-electron chi connectivity index (χ0n) is 12.4. The van der Waals surface area contributed by atoms with Crippen LogP contribution in [-0.2, 0) is 0 Å². The third-order valence-corrected chi connectivity index (χ3v) is 4.18. The fraction of sp³-hybridized carbons (Fsp3) is 0.235. The van der Waals surface area contributed by atoms with Crippen LogP contribution < -0.4 is 4.74 Å². The summed E-state index contributed by atoms with van der Waals surface area (Å²) in [6, 6.07) is 14.7. The third kappa shape index (κ3) is 2.36. The van der Waals surface area contributed by atoms with Gasteiger partial charge in [0.2, 0.25) is 0 Å². The van der Waals surface area contributed by atoms with Gasteiger partial charge in [0.25, 0.3) is 0 Å². The van der Waals surface area contributed by atoms with Crippen molar-refractivity contribution in [3.05, 3.63) is 58.4 Å². The number of aryl methyl sites for hydroxylation is 1. The van der Waals surface area contributed by atoms with Gasteiger partial charge >= 0.3 is 0 Å². The Kier molecular flexibility index (Phi) is 3.55. The summed E-state index contributed by atoms with van der Waals surface area (Å²) in [5.74, 6) is 0.813. The van der Waals surface area contributed by atoms with E-state index in [-0.39, 0.29) is 6.04 Å². The second-order valence-electron chi connectivity index (χ2n) is 5.24. The van der Waals surface area contributed by atoms with Crippen LogP contribution in [-0.4, -0.2) is 16.7 Å². The highest BCUT2D eigenvalue weighted by Crippen LogP contribution is 2.29. The van der Waals surface area contributed by atoms with Gasteiger partial charge in [0.15, 0.2) is 4.77 Å². The zero-order valence-corrected chi connectivity index (χ0v) is 13.2. The third-order valence-electron chi connectivity index (χ3n) is 3.88. The molecule has 1 unspecified atom stereocenters. The number of aromatic nitrogens is 2. The van der Waals surface area contributed by atoms with Crippen molar-refractivity contribution < 1.29 is 4.74 Å². The van der Waals surface area contributed by atoms with Crippen LogP contribution in [0.15, 0.2) is 42.5 Å². The molecule has 21 heavy (non-hydrogen) atoms. The number of nitrogens with zero attached hydrogens (tertiary/aromatic N) is 1. The smallest absolute Gasteiger partial charge is 0.178 e. The predicted molar refractivity (Wildman–Crippen MR) is 88.7 cm³/mol. The molecule has 3 rings (SSSR count). The topological polar surface area (TPSA) is 29.9 Å². The largest absolute Gasteiger partial charge is 0.494 e. The fourth-order valence-electron chi connectivity index (χ4n) is 2.67. The van der Waals surface area contributed by atoms with Crippen molar-refractivity contribution >= 4 is 23.3 Å². The van der Waals surface area contributed by atoms with E-state index in [4.69, 9.17) is 17.0 Å². The van der Waals surface area contributed by atoms with E-state index in [1.165, 1.54) is 11.1 Å². The van der Waals surface area contributed by atoms with Gasteiger partial charge in [-0.2, -0.15) is 0 Å². The summed E-state index contributed by atoms with van der Waals surface area (Å²) in [5, 5.41) is 0. The van der Waals surface area contributed by atoms with E-state index in [0.29, 0.717) is 4.77 Å². The molecular weight excluding hydrogens is 280 g/mol. The highest BCUT2D eigenvalue weighted by molar-refractivity contribution is 7.71. The summed E-state index contributed by atoms with van der Waals surface area (Å²) < 4.78 is 8.25. The number of benzene rings is 2. The first-order valence-electron chi connectivity index (χ1n) is 6.95. The highest BCUT2D eigenvalue weighted by Gasteiger charge is 2.15. The molecule has 3 aromatic rings. The summed E-state index contributed by atoms with van der Waals surface area (Å²) >= 11 is 5.51. The number of H-pyrrole nitrogens is 1. The normalized spacial score (nSPS) is 12.5. The Morgan fingerprint density at radius 3 is 2.52 bits per heavy atom. The minimum atomic E-state index is 0.166. The van der Waals surface area contributed by atoms with E-state index in [2.05, 4.69) is 53.7 Å². The number of nitrogens with one attached hydrogen (secondary N) is 1. The average molecular weight is 298 g/mol. The van der Waals surface area contributed by atoms with E-state index in [1.807, 2.05) is 12.1 Å². The Labute approximate surface area is 129 Å². The SMILES string of the molecule is COc1cccc2c1[nH]c(=S)n2C(C)c1ccc(C)cc1. The van der Waals surface area contributed by atoms with Crippen molar-refractivity contribution in [1.29, 1.82) is 0 Å². The lowest BCUT2D eigenvalue weighted by atomic mass is 10.1. The molecule has 0 bridgehead atoms. The Hall–Kier alpha value is -2.07. The molecule has 1 aromatic heterocycles. The second-order valence-corrected chi connectivity index (χ2v) is 5.63. The lowest BCUT2D eigenvalue weighted by molar-refractivity contribution is 0.419. The summed E-state index contributed by atoms with van der Waals surface area (Å²) in [7, 11) is 1.67. The molecule has 3 nitrogen and oxygen atoms in total. The number of rotatable bonds is 3. The van der Waals surface area contributed by atoms with Gasteiger partial charge in [0.05, 0.1) is 18.7 Å². The number of hydrogen-bond donors (Lipinski definition) is 1. The Morgan fingerprint density at radius 1 is 1.14 bits per heavy atom. The lowest BCUT2D eigenvalue weighted by Gasteiger charge is -2.15. The van der Waals surface area contributed by atoms with Crippen LogP contribution in [0.25, 0.3) is 11.0 Å². The summed E-state index contributed by atoms with van der Waals surface area (Å²) in [4.78, 5) is 3.26. The van der Waals surface area contributed by atoms with Crippen molar-refractivity contribution in [2.45, 2.75) is 19.9 Å². The maximum absolute atomic E-state index is 5.51. The lowest BCUT2D eigenvalue weighted by Crippen LogP contribution is -2.06. The number of fused-ring (bicyclic) bond motifs is 1. The Bertz CT molecular complexity index is 830. The van der Waals surface area contributed by atoms with E-state index in [0.717, 1.165) is 16.8 Å². The molecular formula is C17H18N2OS. The molecule has 0 saturated carbocycles. The van der Waals surface area contributed by atoms with E-state index >= 15 is 0 Å². The van der Waals surface area contributed by atoms with Gasteiger partial charge in [0.1, 0.15) is 11.3 Å². The van der Waals surface area contributed by atoms with Gasteiger partial charge in [-0.1, -0.05) is 35.9 Å². The molecule has 0 amide bonds. The molecule has 0 aliphatic heterocycles. The number of hydrogen-bond acceptors (Lipinski definition) is 2. The molecule has 0 spiro atoms. The Balaban J connectivity index is 2.18. The predicted octanol–water partition coefficient (Wildman–Crippen LogP) is 4.63. The van der Waals surface area contributed by atoms with Crippen LogP contribution in [0.5, 0.6) is 5.75 Å². The standard InChI is InChI=1S/C17H18N2OS/c1-11-7-9-13(10-8-11)12(2)19-14-5-4-6-15(20-3)16(14)18-17(19)21/h4-10,12H,1-3H3,(H,18,21).